The zero-order valence-electron chi connectivity index (χ0n) is 12.8. The van der Waals surface area contributed by atoms with Gasteiger partial charge in [-0.3, -0.25) is 4.79 Å². The van der Waals surface area contributed by atoms with Gasteiger partial charge in [-0.25, -0.2) is 4.39 Å². The molecule has 116 valence electrons. The monoisotopic (exact) mass is 303 g/mol. The molecule has 0 bridgehead atoms. The summed E-state index contributed by atoms with van der Waals surface area (Å²) >= 11 is 0. The van der Waals surface area contributed by atoms with Crippen LogP contribution in [0.15, 0.2) is 42.5 Å². The average Bonchev–Trinajstić information content (AvgIpc) is 2.55. The largest absolute Gasteiger partial charge is 0.497 e. The van der Waals surface area contributed by atoms with Crippen molar-refractivity contribution in [1.82, 2.24) is 4.90 Å². The van der Waals surface area contributed by atoms with Crippen LogP contribution in [0.3, 0.4) is 0 Å². The lowest BCUT2D eigenvalue weighted by Gasteiger charge is -2.19. The fourth-order valence-electron chi connectivity index (χ4n) is 2.15. The molecule has 2 aromatic rings. The van der Waals surface area contributed by atoms with Crippen LogP contribution >= 0.6 is 0 Å². The van der Waals surface area contributed by atoms with Crippen molar-refractivity contribution < 1.29 is 18.7 Å². The van der Waals surface area contributed by atoms with Gasteiger partial charge in [0, 0.05) is 25.2 Å². The van der Waals surface area contributed by atoms with Gasteiger partial charge in [-0.2, -0.15) is 0 Å². The number of methoxy groups -OCH3 is 2. The van der Waals surface area contributed by atoms with E-state index in [1.165, 1.54) is 17.0 Å². The highest BCUT2D eigenvalue weighted by molar-refractivity contribution is 5.94. The molecule has 0 aliphatic carbocycles. The molecule has 5 heteroatoms. The summed E-state index contributed by atoms with van der Waals surface area (Å²) in [5, 5.41) is 0. The van der Waals surface area contributed by atoms with Crippen molar-refractivity contribution in [2.75, 3.05) is 21.3 Å². The molecule has 0 heterocycles. The summed E-state index contributed by atoms with van der Waals surface area (Å²) in [6, 6.07) is 11.3. The maximum absolute atomic E-state index is 13.7. The summed E-state index contributed by atoms with van der Waals surface area (Å²) in [6.07, 6.45) is 0. The highest BCUT2D eigenvalue weighted by Gasteiger charge is 2.17. The third-order valence-corrected chi connectivity index (χ3v) is 3.35. The van der Waals surface area contributed by atoms with Crippen molar-refractivity contribution in [1.29, 1.82) is 0 Å². The molecule has 0 aliphatic heterocycles. The summed E-state index contributed by atoms with van der Waals surface area (Å²) < 4.78 is 24.1. The van der Waals surface area contributed by atoms with E-state index in [9.17, 15) is 9.18 Å². The number of amides is 1. The topological polar surface area (TPSA) is 38.8 Å². The van der Waals surface area contributed by atoms with Crippen molar-refractivity contribution in [3.05, 3.63) is 59.4 Å². The summed E-state index contributed by atoms with van der Waals surface area (Å²) in [5.41, 5.74) is 0.868. The minimum absolute atomic E-state index is 0.0532. The lowest BCUT2D eigenvalue weighted by Crippen LogP contribution is -2.27. The zero-order valence-corrected chi connectivity index (χ0v) is 12.8. The lowest BCUT2D eigenvalue weighted by molar-refractivity contribution is 0.0779. The van der Waals surface area contributed by atoms with Gasteiger partial charge in [0.15, 0.2) is 0 Å². The second kappa shape index (κ2) is 6.93. The maximum atomic E-state index is 13.7. The minimum atomic E-state index is -0.527. The SMILES string of the molecule is COc1ccc(CN(C)C(=O)c2ccccc2F)c(OC)c1. The number of rotatable bonds is 5. The van der Waals surface area contributed by atoms with Crippen molar-refractivity contribution in [3.8, 4) is 11.5 Å². The summed E-state index contributed by atoms with van der Waals surface area (Å²) in [5.74, 6) is 0.383. The molecular weight excluding hydrogens is 285 g/mol. The Bertz CT molecular complexity index is 673. The molecule has 1 amide bonds. The van der Waals surface area contributed by atoms with Crippen LogP contribution in [0.25, 0.3) is 0 Å². The van der Waals surface area contributed by atoms with Crippen LogP contribution < -0.4 is 9.47 Å². The summed E-state index contributed by atoms with van der Waals surface area (Å²) in [4.78, 5) is 13.8. The number of benzene rings is 2. The Balaban J connectivity index is 2.20. The average molecular weight is 303 g/mol. The second-order valence-electron chi connectivity index (χ2n) is 4.82. The Morgan fingerprint density at radius 1 is 1.14 bits per heavy atom. The molecule has 0 fully saturated rings. The molecule has 0 saturated heterocycles. The molecule has 0 aliphatic rings. The van der Waals surface area contributed by atoms with Crippen LogP contribution in [-0.2, 0) is 6.54 Å². The van der Waals surface area contributed by atoms with E-state index in [1.54, 1.807) is 45.5 Å². The smallest absolute Gasteiger partial charge is 0.256 e. The van der Waals surface area contributed by atoms with E-state index in [1.807, 2.05) is 6.07 Å². The Kier molecular flexibility index (Phi) is 4.99. The van der Waals surface area contributed by atoms with Crippen LogP contribution in [-0.4, -0.2) is 32.1 Å². The molecule has 0 saturated carbocycles. The van der Waals surface area contributed by atoms with E-state index in [0.29, 0.717) is 18.0 Å². The highest BCUT2D eigenvalue weighted by Crippen LogP contribution is 2.26. The van der Waals surface area contributed by atoms with Crippen molar-refractivity contribution in [3.63, 3.8) is 0 Å². The van der Waals surface area contributed by atoms with Gasteiger partial charge in [0.1, 0.15) is 17.3 Å². The number of hydrogen-bond acceptors (Lipinski definition) is 3. The van der Waals surface area contributed by atoms with E-state index >= 15 is 0 Å². The van der Waals surface area contributed by atoms with Crippen molar-refractivity contribution >= 4 is 5.91 Å². The first kappa shape index (κ1) is 15.8. The minimum Gasteiger partial charge on any atom is -0.497 e. The zero-order chi connectivity index (χ0) is 16.1. The maximum Gasteiger partial charge on any atom is 0.256 e. The number of carbonyl (C=O) groups excluding carboxylic acids is 1. The van der Waals surface area contributed by atoms with Gasteiger partial charge in [-0.05, 0) is 24.3 Å². The summed E-state index contributed by atoms with van der Waals surface area (Å²) in [6.45, 7) is 0.306. The summed E-state index contributed by atoms with van der Waals surface area (Å²) in [7, 11) is 4.75. The van der Waals surface area contributed by atoms with Crippen LogP contribution in [0.2, 0.25) is 0 Å². The van der Waals surface area contributed by atoms with Gasteiger partial charge >= 0.3 is 0 Å². The molecule has 0 radical (unpaired) electrons. The number of carbonyl (C=O) groups is 1. The van der Waals surface area contributed by atoms with E-state index in [4.69, 9.17) is 9.47 Å². The van der Waals surface area contributed by atoms with Gasteiger partial charge in [-0.1, -0.05) is 12.1 Å². The molecular formula is C17H18FNO3. The normalized spacial score (nSPS) is 10.2. The first-order valence-corrected chi connectivity index (χ1v) is 6.77. The fourth-order valence-corrected chi connectivity index (χ4v) is 2.15. The predicted octanol–water partition coefficient (Wildman–Crippen LogP) is 3.12. The molecule has 0 unspecified atom stereocenters. The molecule has 2 aromatic carbocycles. The molecule has 0 N–H and O–H groups in total. The van der Waals surface area contributed by atoms with Crippen LogP contribution in [0.4, 0.5) is 4.39 Å². The number of halogens is 1. The predicted molar refractivity (Wildman–Crippen MR) is 81.7 cm³/mol. The third-order valence-electron chi connectivity index (χ3n) is 3.35. The second-order valence-corrected chi connectivity index (χ2v) is 4.82. The van der Waals surface area contributed by atoms with Gasteiger partial charge in [-0.15, -0.1) is 0 Å². The Morgan fingerprint density at radius 2 is 1.86 bits per heavy atom. The van der Waals surface area contributed by atoms with Gasteiger partial charge in [0.2, 0.25) is 0 Å². The first-order valence-electron chi connectivity index (χ1n) is 6.77. The Hall–Kier alpha value is -2.56. The van der Waals surface area contributed by atoms with Crippen LogP contribution in [0.5, 0.6) is 11.5 Å². The van der Waals surface area contributed by atoms with E-state index in [2.05, 4.69) is 0 Å². The molecule has 4 nitrogen and oxygen atoms in total. The van der Waals surface area contributed by atoms with E-state index < -0.39 is 5.82 Å². The molecule has 2 rings (SSSR count). The highest BCUT2D eigenvalue weighted by atomic mass is 19.1. The van der Waals surface area contributed by atoms with Gasteiger partial charge < -0.3 is 14.4 Å². The molecule has 0 atom stereocenters. The standard InChI is InChI=1S/C17H18FNO3/c1-19(17(20)14-6-4-5-7-15(14)18)11-12-8-9-13(21-2)10-16(12)22-3/h4-10H,11H2,1-3H3. The molecule has 0 aromatic heterocycles. The Morgan fingerprint density at radius 3 is 2.50 bits per heavy atom. The van der Waals surface area contributed by atoms with Crippen LogP contribution in [0, 0.1) is 5.82 Å². The lowest BCUT2D eigenvalue weighted by atomic mass is 10.1. The third kappa shape index (κ3) is 3.36. The molecule has 0 spiro atoms. The quantitative estimate of drug-likeness (QED) is 0.852. The van der Waals surface area contributed by atoms with E-state index in [0.717, 1.165) is 5.56 Å². The fraction of sp³-hybridized carbons (Fsp3) is 0.235. The van der Waals surface area contributed by atoms with Gasteiger partial charge in [0.05, 0.1) is 19.8 Å². The first-order chi connectivity index (χ1) is 10.6. The van der Waals surface area contributed by atoms with Crippen molar-refractivity contribution in [2.45, 2.75) is 6.54 Å². The molecule has 22 heavy (non-hydrogen) atoms. The van der Waals surface area contributed by atoms with Gasteiger partial charge in [0.25, 0.3) is 5.91 Å². The van der Waals surface area contributed by atoms with E-state index in [-0.39, 0.29) is 11.5 Å². The number of hydrogen-bond donors (Lipinski definition) is 0. The van der Waals surface area contributed by atoms with Crippen LogP contribution in [0.1, 0.15) is 15.9 Å². The van der Waals surface area contributed by atoms with Crippen molar-refractivity contribution in [2.24, 2.45) is 0 Å². The Labute approximate surface area is 129 Å². The number of nitrogens with zero attached hydrogens (tertiary/aromatic N) is 1. The number of ether oxygens (including phenoxy) is 2.